The summed E-state index contributed by atoms with van der Waals surface area (Å²) in [6.07, 6.45) is 10.2. The van der Waals surface area contributed by atoms with E-state index in [9.17, 15) is 0 Å². The summed E-state index contributed by atoms with van der Waals surface area (Å²) >= 11 is 0. The van der Waals surface area contributed by atoms with E-state index in [0.29, 0.717) is 22.4 Å². The molecule has 1 aliphatic carbocycles. The molecule has 2 heterocycles. The Morgan fingerprint density at radius 3 is 1.92 bits per heavy atom. The molecule has 1 fully saturated rings. The first kappa shape index (κ1) is 20.6. The molecule has 0 aromatic rings. The average Bonchev–Trinajstić information content (AvgIpc) is 2.60. The van der Waals surface area contributed by atoms with Crippen LogP contribution in [0.3, 0.4) is 0 Å². The first-order chi connectivity index (χ1) is 10.7. The standard InChI is InChI=1S/C19H40O2Si3/c1-19(2,3)15-18-16-11-10-12-17(14-13-16)24(18,20-22(4,5)6)21-23(7,8)9/h13-14,16-18H,10-12,15H2,1-9H3/t16-,17+,18-/m1/s1. The molecule has 1 saturated heterocycles. The second-order valence-corrected chi connectivity index (χ2v) is 24.1. The minimum Gasteiger partial charge on any atom is -0.436 e. The third-order valence-corrected chi connectivity index (χ3v) is 15.6. The first-order valence-electron chi connectivity index (χ1n) is 9.81. The van der Waals surface area contributed by atoms with Gasteiger partial charge in [-0.2, -0.15) is 0 Å². The summed E-state index contributed by atoms with van der Waals surface area (Å²) in [4.78, 5) is 0. The lowest BCUT2D eigenvalue weighted by atomic mass is 9.85. The van der Waals surface area contributed by atoms with E-state index in [1.807, 2.05) is 0 Å². The van der Waals surface area contributed by atoms with Crippen LogP contribution in [0.15, 0.2) is 12.2 Å². The molecule has 0 spiro atoms. The van der Waals surface area contributed by atoms with Gasteiger partial charge in [0.25, 0.3) is 0 Å². The Hall–Kier alpha value is 0.311. The van der Waals surface area contributed by atoms with Gasteiger partial charge in [0.05, 0.1) is 0 Å². The molecule has 0 unspecified atom stereocenters. The SMILES string of the molecule is CC(C)(C)C[C@@H]1[C@H]2C=C[C@H](CCC2)[Si]1(O[Si](C)(C)C)O[Si](C)(C)C. The van der Waals surface area contributed by atoms with Gasteiger partial charge in [-0.05, 0) is 69.9 Å². The van der Waals surface area contributed by atoms with Crippen molar-refractivity contribution < 1.29 is 8.23 Å². The van der Waals surface area contributed by atoms with E-state index in [2.05, 4.69) is 72.2 Å². The third kappa shape index (κ3) is 5.16. The normalized spacial score (nSPS) is 30.5. The van der Waals surface area contributed by atoms with Crippen LogP contribution in [0.5, 0.6) is 0 Å². The maximum atomic E-state index is 7.15. The van der Waals surface area contributed by atoms with Gasteiger partial charge in [0.2, 0.25) is 0 Å². The van der Waals surface area contributed by atoms with Crippen LogP contribution in [0.4, 0.5) is 0 Å². The smallest absolute Gasteiger partial charge is 0.328 e. The molecule has 0 N–H and O–H groups in total. The predicted molar refractivity (Wildman–Crippen MR) is 113 cm³/mol. The van der Waals surface area contributed by atoms with Crippen molar-refractivity contribution >= 4 is 25.2 Å². The summed E-state index contributed by atoms with van der Waals surface area (Å²) in [5.41, 5.74) is 1.50. The fraction of sp³-hybridized carbons (Fsp3) is 0.895. The minimum absolute atomic E-state index is 0.326. The number of allylic oxidation sites excluding steroid dienone is 2. The molecule has 2 nitrogen and oxygen atoms in total. The van der Waals surface area contributed by atoms with Crippen molar-refractivity contribution in [3.05, 3.63) is 12.2 Å². The Morgan fingerprint density at radius 2 is 1.46 bits per heavy atom. The summed E-state index contributed by atoms with van der Waals surface area (Å²) in [6, 6.07) is 0. The van der Waals surface area contributed by atoms with E-state index in [-0.39, 0.29) is 0 Å². The number of rotatable bonds is 5. The van der Waals surface area contributed by atoms with Crippen molar-refractivity contribution in [3.63, 3.8) is 0 Å². The molecule has 0 radical (unpaired) electrons. The van der Waals surface area contributed by atoms with Crippen LogP contribution in [0.1, 0.15) is 46.5 Å². The highest BCUT2D eigenvalue weighted by atomic mass is 28.5. The van der Waals surface area contributed by atoms with E-state index in [0.717, 1.165) is 0 Å². The maximum Gasteiger partial charge on any atom is 0.328 e. The van der Waals surface area contributed by atoms with Crippen molar-refractivity contribution in [2.45, 2.75) is 96.8 Å². The van der Waals surface area contributed by atoms with Crippen molar-refractivity contribution in [1.29, 1.82) is 0 Å². The van der Waals surface area contributed by atoms with Gasteiger partial charge in [-0.25, -0.2) is 0 Å². The Kier molecular flexibility index (Phi) is 5.84. The van der Waals surface area contributed by atoms with Crippen molar-refractivity contribution in [1.82, 2.24) is 0 Å². The van der Waals surface area contributed by atoms with Crippen LogP contribution >= 0.6 is 0 Å². The topological polar surface area (TPSA) is 18.5 Å². The molecule has 0 aromatic heterocycles. The number of hydrogen-bond acceptors (Lipinski definition) is 2. The molecule has 0 amide bonds. The first-order valence-corrected chi connectivity index (χ1v) is 18.6. The fourth-order valence-corrected chi connectivity index (χ4v) is 18.4. The summed E-state index contributed by atoms with van der Waals surface area (Å²) in [7, 11) is -5.62. The number of fused-ring (bicyclic) bond motifs is 3. The molecule has 0 aromatic carbocycles. The average molecular weight is 385 g/mol. The molecular weight excluding hydrogens is 344 g/mol. The summed E-state index contributed by atoms with van der Waals surface area (Å²) < 4.78 is 14.3. The summed E-state index contributed by atoms with van der Waals surface area (Å²) in [5.74, 6) is 0.669. The van der Waals surface area contributed by atoms with Crippen molar-refractivity contribution in [2.75, 3.05) is 0 Å². The fourth-order valence-electron chi connectivity index (χ4n) is 4.52. The Balaban J connectivity index is 2.53. The zero-order chi connectivity index (χ0) is 18.4. The molecule has 3 atom stereocenters. The van der Waals surface area contributed by atoms with Crippen LogP contribution in [-0.4, -0.2) is 25.2 Å². The van der Waals surface area contributed by atoms with Crippen molar-refractivity contribution in [2.24, 2.45) is 11.3 Å². The molecule has 3 rings (SSSR count). The Labute approximate surface area is 153 Å². The third-order valence-electron chi connectivity index (χ3n) is 4.96. The molecule has 5 heteroatoms. The lowest BCUT2D eigenvalue weighted by Crippen LogP contribution is -2.62. The molecule has 24 heavy (non-hydrogen) atoms. The Bertz CT molecular complexity index is 452. The van der Waals surface area contributed by atoms with E-state index in [1.165, 1.54) is 25.7 Å². The maximum absolute atomic E-state index is 7.15. The highest BCUT2D eigenvalue weighted by Crippen LogP contribution is 2.56. The van der Waals surface area contributed by atoms with Gasteiger partial charge < -0.3 is 8.23 Å². The predicted octanol–water partition coefficient (Wildman–Crippen LogP) is 6.68. The van der Waals surface area contributed by atoms with Gasteiger partial charge in [0.15, 0.2) is 16.6 Å². The molecule has 0 saturated carbocycles. The summed E-state index contributed by atoms with van der Waals surface area (Å²) in [6.45, 7) is 21.3. The van der Waals surface area contributed by atoms with Crippen LogP contribution in [-0.2, 0) is 8.23 Å². The van der Waals surface area contributed by atoms with Gasteiger partial charge >= 0.3 is 8.56 Å². The zero-order valence-electron chi connectivity index (χ0n) is 17.5. The van der Waals surface area contributed by atoms with Gasteiger partial charge in [-0.1, -0.05) is 39.3 Å². The zero-order valence-corrected chi connectivity index (χ0v) is 20.5. The molecule has 3 aliphatic rings. The highest BCUT2D eigenvalue weighted by Gasteiger charge is 2.60. The van der Waals surface area contributed by atoms with Crippen LogP contribution in [0.25, 0.3) is 0 Å². The molecule has 2 aliphatic heterocycles. The second-order valence-electron chi connectivity index (χ2n) is 11.1. The van der Waals surface area contributed by atoms with E-state index < -0.39 is 25.2 Å². The molecule has 140 valence electrons. The molecular formula is C19H40O2Si3. The van der Waals surface area contributed by atoms with E-state index >= 15 is 0 Å². The van der Waals surface area contributed by atoms with Gasteiger partial charge in [-0.3, -0.25) is 0 Å². The van der Waals surface area contributed by atoms with Crippen LogP contribution in [0, 0.1) is 11.3 Å². The Morgan fingerprint density at radius 1 is 0.917 bits per heavy atom. The lowest BCUT2D eigenvalue weighted by Gasteiger charge is -2.52. The second kappa shape index (κ2) is 6.80. The van der Waals surface area contributed by atoms with E-state index in [4.69, 9.17) is 8.23 Å². The largest absolute Gasteiger partial charge is 0.436 e. The van der Waals surface area contributed by atoms with Gasteiger partial charge in [-0.15, -0.1) is 0 Å². The molecule has 2 bridgehead atoms. The number of hydrogen-bond donors (Lipinski definition) is 0. The minimum atomic E-state index is -2.29. The van der Waals surface area contributed by atoms with Gasteiger partial charge in [0, 0.05) is 11.1 Å². The quantitative estimate of drug-likeness (QED) is 0.389. The highest BCUT2D eigenvalue weighted by molar-refractivity contribution is 6.89. The van der Waals surface area contributed by atoms with Crippen LogP contribution in [0.2, 0.25) is 50.4 Å². The van der Waals surface area contributed by atoms with E-state index in [1.54, 1.807) is 0 Å². The van der Waals surface area contributed by atoms with Crippen molar-refractivity contribution in [3.8, 4) is 0 Å². The van der Waals surface area contributed by atoms with Gasteiger partial charge in [0.1, 0.15) is 0 Å². The van der Waals surface area contributed by atoms with Crippen LogP contribution < -0.4 is 0 Å². The lowest BCUT2D eigenvalue weighted by molar-refractivity contribution is 0.266. The monoisotopic (exact) mass is 384 g/mol. The summed E-state index contributed by atoms with van der Waals surface area (Å²) in [5, 5.41) is 0.